The Kier molecular flexibility index (Phi) is 7.68. The first-order valence-corrected chi connectivity index (χ1v) is 7.42. The third-order valence-corrected chi connectivity index (χ3v) is 3.27. The lowest BCUT2D eigenvalue weighted by atomic mass is 9.94. The SMILES string of the molecule is CCCNC(Cc1ccncc1)C(OCC)C(C)C. The molecule has 0 radical (unpaired) electrons. The molecule has 0 saturated heterocycles. The Labute approximate surface area is 117 Å². The first-order chi connectivity index (χ1) is 9.19. The summed E-state index contributed by atoms with van der Waals surface area (Å²) in [6.07, 6.45) is 6.11. The maximum Gasteiger partial charge on any atom is 0.0753 e. The van der Waals surface area contributed by atoms with E-state index in [0.29, 0.717) is 12.0 Å². The van der Waals surface area contributed by atoms with Gasteiger partial charge in [0.1, 0.15) is 0 Å². The van der Waals surface area contributed by atoms with Crippen LogP contribution in [-0.4, -0.2) is 30.3 Å². The van der Waals surface area contributed by atoms with Crippen LogP contribution in [0.15, 0.2) is 24.5 Å². The molecule has 1 rings (SSSR count). The van der Waals surface area contributed by atoms with Crippen LogP contribution in [0.5, 0.6) is 0 Å². The third-order valence-electron chi connectivity index (χ3n) is 3.27. The number of nitrogens with one attached hydrogen (secondary N) is 1. The molecule has 1 aromatic rings. The number of rotatable bonds is 9. The minimum atomic E-state index is 0.254. The Hall–Kier alpha value is -0.930. The Bertz CT molecular complexity index is 327. The van der Waals surface area contributed by atoms with Crippen molar-refractivity contribution < 1.29 is 4.74 Å². The van der Waals surface area contributed by atoms with E-state index in [4.69, 9.17) is 4.74 Å². The molecule has 108 valence electrons. The lowest BCUT2D eigenvalue weighted by molar-refractivity contribution is 0.00362. The van der Waals surface area contributed by atoms with Gasteiger partial charge in [0.05, 0.1) is 6.10 Å². The van der Waals surface area contributed by atoms with E-state index in [0.717, 1.165) is 26.0 Å². The third kappa shape index (κ3) is 5.70. The zero-order valence-corrected chi connectivity index (χ0v) is 12.7. The standard InChI is InChI=1S/C16H28N2O/c1-5-9-18-15(16(13(3)4)19-6-2)12-14-7-10-17-11-8-14/h7-8,10-11,13,15-16,18H,5-6,9,12H2,1-4H3. The second kappa shape index (κ2) is 9.05. The summed E-state index contributed by atoms with van der Waals surface area (Å²) in [6, 6.07) is 4.54. The summed E-state index contributed by atoms with van der Waals surface area (Å²) in [5, 5.41) is 3.64. The van der Waals surface area contributed by atoms with Crippen molar-refractivity contribution in [1.82, 2.24) is 10.3 Å². The average Bonchev–Trinajstić information content (AvgIpc) is 2.42. The first kappa shape index (κ1) is 16.1. The first-order valence-electron chi connectivity index (χ1n) is 7.42. The number of nitrogens with zero attached hydrogens (tertiary/aromatic N) is 1. The predicted octanol–water partition coefficient (Wildman–Crippen LogP) is 3.05. The minimum Gasteiger partial charge on any atom is -0.377 e. The second-order valence-corrected chi connectivity index (χ2v) is 5.28. The largest absolute Gasteiger partial charge is 0.377 e. The van der Waals surface area contributed by atoms with E-state index in [1.54, 1.807) is 0 Å². The molecule has 0 spiro atoms. The molecule has 3 nitrogen and oxygen atoms in total. The van der Waals surface area contributed by atoms with Gasteiger partial charge in [-0.15, -0.1) is 0 Å². The van der Waals surface area contributed by atoms with Crippen LogP contribution in [-0.2, 0) is 11.2 Å². The van der Waals surface area contributed by atoms with Gasteiger partial charge in [0.15, 0.2) is 0 Å². The van der Waals surface area contributed by atoms with Crippen molar-refractivity contribution in [3.63, 3.8) is 0 Å². The number of ether oxygens (including phenoxy) is 1. The Balaban J connectivity index is 2.74. The van der Waals surface area contributed by atoms with Crippen molar-refractivity contribution in [3.05, 3.63) is 30.1 Å². The molecule has 0 amide bonds. The molecule has 0 aromatic carbocycles. The molecular formula is C16H28N2O. The molecule has 0 aliphatic carbocycles. The Morgan fingerprint density at radius 3 is 2.42 bits per heavy atom. The van der Waals surface area contributed by atoms with Gasteiger partial charge in [-0.2, -0.15) is 0 Å². The summed E-state index contributed by atoms with van der Waals surface area (Å²) in [7, 11) is 0. The van der Waals surface area contributed by atoms with Gasteiger partial charge in [0, 0.05) is 25.0 Å². The Morgan fingerprint density at radius 1 is 1.21 bits per heavy atom. The van der Waals surface area contributed by atoms with Crippen LogP contribution in [0.4, 0.5) is 0 Å². The normalized spacial score (nSPS) is 14.6. The lowest BCUT2D eigenvalue weighted by Gasteiger charge is -2.31. The van der Waals surface area contributed by atoms with Crippen molar-refractivity contribution in [3.8, 4) is 0 Å². The highest BCUT2D eigenvalue weighted by Crippen LogP contribution is 2.15. The van der Waals surface area contributed by atoms with Crippen molar-refractivity contribution in [2.45, 2.75) is 52.7 Å². The van der Waals surface area contributed by atoms with Crippen LogP contribution in [0, 0.1) is 5.92 Å². The van der Waals surface area contributed by atoms with Crippen molar-refractivity contribution in [1.29, 1.82) is 0 Å². The van der Waals surface area contributed by atoms with E-state index in [9.17, 15) is 0 Å². The summed E-state index contributed by atoms with van der Waals surface area (Å²) in [5.74, 6) is 0.510. The molecule has 1 aromatic heterocycles. The van der Waals surface area contributed by atoms with Crippen LogP contribution < -0.4 is 5.32 Å². The summed E-state index contributed by atoms with van der Waals surface area (Å²) in [6.45, 7) is 10.5. The molecular weight excluding hydrogens is 236 g/mol. The maximum absolute atomic E-state index is 5.96. The average molecular weight is 264 g/mol. The molecule has 1 N–H and O–H groups in total. The number of hydrogen-bond donors (Lipinski definition) is 1. The molecule has 0 saturated carbocycles. The number of pyridine rings is 1. The summed E-state index contributed by atoms with van der Waals surface area (Å²) in [5.41, 5.74) is 1.31. The fourth-order valence-electron chi connectivity index (χ4n) is 2.37. The molecule has 3 heteroatoms. The van der Waals surface area contributed by atoms with Crippen molar-refractivity contribution in [2.75, 3.05) is 13.2 Å². The van der Waals surface area contributed by atoms with E-state index in [-0.39, 0.29) is 6.10 Å². The van der Waals surface area contributed by atoms with Gasteiger partial charge in [-0.05, 0) is 49.9 Å². The smallest absolute Gasteiger partial charge is 0.0753 e. The lowest BCUT2D eigenvalue weighted by Crippen LogP contribution is -2.46. The van der Waals surface area contributed by atoms with E-state index in [1.165, 1.54) is 5.56 Å². The van der Waals surface area contributed by atoms with E-state index < -0.39 is 0 Å². The van der Waals surface area contributed by atoms with Crippen LogP contribution in [0.25, 0.3) is 0 Å². The summed E-state index contributed by atoms with van der Waals surface area (Å²) >= 11 is 0. The molecule has 19 heavy (non-hydrogen) atoms. The van der Waals surface area contributed by atoms with Crippen LogP contribution >= 0.6 is 0 Å². The topological polar surface area (TPSA) is 34.2 Å². The highest BCUT2D eigenvalue weighted by atomic mass is 16.5. The summed E-state index contributed by atoms with van der Waals surface area (Å²) < 4.78 is 5.96. The summed E-state index contributed by atoms with van der Waals surface area (Å²) in [4.78, 5) is 4.08. The highest BCUT2D eigenvalue weighted by molar-refractivity contribution is 5.12. The fraction of sp³-hybridized carbons (Fsp3) is 0.688. The van der Waals surface area contributed by atoms with Gasteiger partial charge in [-0.3, -0.25) is 4.98 Å². The zero-order valence-electron chi connectivity index (χ0n) is 12.7. The molecule has 2 atom stereocenters. The van der Waals surface area contributed by atoms with Gasteiger partial charge in [0.2, 0.25) is 0 Å². The van der Waals surface area contributed by atoms with E-state index in [2.05, 4.69) is 50.1 Å². The van der Waals surface area contributed by atoms with Crippen molar-refractivity contribution in [2.24, 2.45) is 5.92 Å². The minimum absolute atomic E-state index is 0.254. The Morgan fingerprint density at radius 2 is 1.89 bits per heavy atom. The molecule has 2 unspecified atom stereocenters. The van der Waals surface area contributed by atoms with Crippen LogP contribution in [0.2, 0.25) is 0 Å². The molecule has 0 fully saturated rings. The zero-order chi connectivity index (χ0) is 14.1. The highest BCUT2D eigenvalue weighted by Gasteiger charge is 2.24. The molecule has 0 bridgehead atoms. The van der Waals surface area contributed by atoms with E-state index >= 15 is 0 Å². The van der Waals surface area contributed by atoms with Crippen LogP contribution in [0.1, 0.15) is 39.7 Å². The van der Waals surface area contributed by atoms with Crippen LogP contribution in [0.3, 0.4) is 0 Å². The van der Waals surface area contributed by atoms with Gasteiger partial charge in [0.25, 0.3) is 0 Å². The molecule has 0 aliphatic rings. The number of aromatic nitrogens is 1. The fourth-order valence-corrected chi connectivity index (χ4v) is 2.37. The quantitative estimate of drug-likeness (QED) is 0.744. The van der Waals surface area contributed by atoms with Crippen molar-refractivity contribution >= 4 is 0 Å². The molecule has 1 heterocycles. The van der Waals surface area contributed by atoms with E-state index in [1.807, 2.05) is 12.4 Å². The molecule has 0 aliphatic heterocycles. The predicted molar refractivity (Wildman–Crippen MR) is 80.3 cm³/mol. The monoisotopic (exact) mass is 264 g/mol. The van der Waals surface area contributed by atoms with Gasteiger partial charge in [-0.1, -0.05) is 20.8 Å². The van der Waals surface area contributed by atoms with Gasteiger partial charge in [-0.25, -0.2) is 0 Å². The second-order valence-electron chi connectivity index (χ2n) is 5.28. The maximum atomic E-state index is 5.96. The van der Waals surface area contributed by atoms with Gasteiger partial charge >= 0.3 is 0 Å². The number of hydrogen-bond acceptors (Lipinski definition) is 3. The van der Waals surface area contributed by atoms with Gasteiger partial charge < -0.3 is 10.1 Å².